The molecule has 0 spiro atoms. The number of ketones is 1. The van der Waals surface area contributed by atoms with Crippen LogP contribution in [0.1, 0.15) is 10.4 Å². The lowest BCUT2D eigenvalue weighted by Crippen LogP contribution is -2.11. The van der Waals surface area contributed by atoms with Crippen LogP contribution in [0.2, 0.25) is 0 Å². The van der Waals surface area contributed by atoms with Crippen molar-refractivity contribution in [2.75, 3.05) is 6.61 Å². The Kier molecular flexibility index (Phi) is 3.52. The van der Waals surface area contributed by atoms with Crippen LogP contribution in [0.5, 0.6) is 5.75 Å². The maximum absolute atomic E-state index is 12.2. The minimum atomic E-state index is -0.130. The molecule has 5 heteroatoms. The average Bonchev–Trinajstić information content (AvgIpc) is 2.89. The standard InChI is InChI=1S/C15H10BrNO3/c16-10-5-11(7-17-6-10)19-9-14(18)13-8-20-15-4-2-1-3-12(13)15/h1-8H,9H2. The number of rotatable bonds is 4. The maximum Gasteiger partial charge on any atom is 0.204 e. The van der Waals surface area contributed by atoms with Crippen LogP contribution in [0.4, 0.5) is 0 Å². The van der Waals surface area contributed by atoms with Crippen LogP contribution in [0.15, 0.2) is 57.9 Å². The smallest absolute Gasteiger partial charge is 0.204 e. The van der Waals surface area contributed by atoms with Gasteiger partial charge in [-0.15, -0.1) is 0 Å². The molecule has 1 aromatic carbocycles. The van der Waals surface area contributed by atoms with Crippen molar-refractivity contribution < 1.29 is 13.9 Å². The van der Waals surface area contributed by atoms with Crippen LogP contribution >= 0.6 is 15.9 Å². The Morgan fingerprint density at radius 3 is 3.00 bits per heavy atom. The van der Waals surface area contributed by atoms with Crippen LogP contribution in [0, 0.1) is 0 Å². The van der Waals surface area contributed by atoms with Crippen molar-refractivity contribution in [3.05, 3.63) is 59.0 Å². The molecular formula is C15H10BrNO3. The van der Waals surface area contributed by atoms with E-state index < -0.39 is 0 Å². The molecule has 4 nitrogen and oxygen atoms in total. The molecule has 2 heterocycles. The van der Waals surface area contributed by atoms with E-state index in [0.29, 0.717) is 16.9 Å². The Morgan fingerprint density at radius 2 is 2.15 bits per heavy atom. The van der Waals surface area contributed by atoms with Gasteiger partial charge in [0, 0.05) is 16.1 Å². The molecule has 3 rings (SSSR count). The van der Waals surface area contributed by atoms with E-state index in [0.717, 1.165) is 9.86 Å². The quantitative estimate of drug-likeness (QED) is 0.681. The van der Waals surface area contributed by atoms with Gasteiger partial charge in [-0.2, -0.15) is 0 Å². The summed E-state index contributed by atoms with van der Waals surface area (Å²) in [4.78, 5) is 16.1. The molecule has 100 valence electrons. The minimum Gasteiger partial charge on any atom is -0.484 e. The first-order valence-electron chi connectivity index (χ1n) is 5.97. The predicted molar refractivity (Wildman–Crippen MR) is 78.0 cm³/mol. The number of para-hydroxylation sites is 1. The third-order valence-electron chi connectivity index (χ3n) is 2.83. The summed E-state index contributed by atoms with van der Waals surface area (Å²) >= 11 is 3.30. The summed E-state index contributed by atoms with van der Waals surface area (Å²) in [6.45, 7) is -0.0539. The monoisotopic (exact) mass is 331 g/mol. The van der Waals surface area contributed by atoms with Crippen molar-refractivity contribution in [1.29, 1.82) is 0 Å². The molecule has 0 saturated carbocycles. The normalized spacial score (nSPS) is 10.7. The lowest BCUT2D eigenvalue weighted by atomic mass is 10.1. The molecule has 2 aromatic heterocycles. The first-order valence-corrected chi connectivity index (χ1v) is 6.76. The Hall–Kier alpha value is -2.14. The van der Waals surface area contributed by atoms with Gasteiger partial charge in [0.2, 0.25) is 5.78 Å². The Balaban J connectivity index is 1.76. The molecule has 0 aliphatic carbocycles. The summed E-state index contributed by atoms with van der Waals surface area (Å²) in [5.41, 5.74) is 1.23. The van der Waals surface area contributed by atoms with Gasteiger partial charge in [-0.05, 0) is 28.1 Å². The molecular weight excluding hydrogens is 322 g/mol. The largest absolute Gasteiger partial charge is 0.484 e. The molecule has 0 fully saturated rings. The number of fused-ring (bicyclic) bond motifs is 1. The number of carbonyl (C=O) groups is 1. The molecule has 0 amide bonds. The summed E-state index contributed by atoms with van der Waals surface area (Å²) < 4.78 is 11.6. The summed E-state index contributed by atoms with van der Waals surface area (Å²) in [5, 5.41) is 0.800. The van der Waals surface area contributed by atoms with E-state index in [-0.39, 0.29) is 12.4 Å². The van der Waals surface area contributed by atoms with Crippen LogP contribution in [-0.2, 0) is 0 Å². The lowest BCUT2D eigenvalue weighted by molar-refractivity contribution is 0.0922. The number of halogens is 1. The second-order valence-corrected chi connectivity index (χ2v) is 5.11. The predicted octanol–water partition coefficient (Wildman–Crippen LogP) is 3.85. The fraction of sp³-hybridized carbons (Fsp3) is 0.0667. The van der Waals surface area contributed by atoms with Gasteiger partial charge in [-0.1, -0.05) is 18.2 Å². The van der Waals surface area contributed by atoms with E-state index in [1.165, 1.54) is 6.26 Å². The Labute approximate surface area is 123 Å². The van der Waals surface area contributed by atoms with Crippen LogP contribution in [-0.4, -0.2) is 17.4 Å². The molecule has 0 unspecified atom stereocenters. The highest BCUT2D eigenvalue weighted by Crippen LogP contribution is 2.22. The fourth-order valence-corrected chi connectivity index (χ4v) is 2.24. The first kappa shape index (κ1) is 12.9. The molecule has 0 aliphatic heterocycles. The van der Waals surface area contributed by atoms with E-state index >= 15 is 0 Å². The zero-order valence-electron chi connectivity index (χ0n) is 10.4. The van der Waals surface area contributed by atoms with Crippen molar-refractivity contribution in [2.45, 2.75) is 0 Å². The van der Waals surface area contributed by atoms with Gasteiger partial charge >= 0.3 is 0 Å². The molecule has 0 radical (unpaired) electrons. The summed E-state index contributed by atoms with van der Waals surface area (Å²) in [6, 6.07) is 9.17. The van der Waals surface area contributed by atoms with Crippen LogP contribution in [0.25, 0.3) is 11.0 Å². The third-order valence-corrected chi connectivity index (χ3v) is 3.26. The number of ether oxygens (including phenoxy) is 1. The minimum absolute atomic E-state index is 0.0539. The molecule has 0 saturated heterocycles. The number of aromatic nitrogens is 1. The van der Waals surface area contributed by atoms with Gasteiger partial charge in [0.25, 0.3) is 0 Å². The van der Waals surface area contributed by atoms with Gasteiger partial charge < -0.3 is 9.15 Å². The van der Waals surface area contributed by atoms with E-state index in [1.54, 1.807) is 18.5 Å². The second kappa shape index (κ2) is 5.46. The number of benzene rings is 1. The van der Waals surface area contributed by atoms with Crippen molar-refractivity contribution in [3.63, 3.8) is 0 Å². The molecule has 0 aliphatic rings. The van der Waals surface area contributed by atoms with Crippen molar-refractivity contribution in [3.8, 4) is 5.75 Å². The highest BCUT2D eigenvalue weighted by atomic mass is 79.9. The van der Waals surface area contributed by atoms with Crippen LogP contribution in [0.3, 0.4) is 0 Å². The van der Waals surface area contributed by atoms with Gasteiger partial charge in [-0.3, -0.25) is 9.78 Å². The summed E-state index contributed by atoms with van der Waals surface area (Å²) in [6.07, 6.45) is 4.68. The second-order valence-electron chi connectivity index (χ2n) is 4.20. The molecule has 0 atom stereocenters. The number of nitrogens with zero attached hydrogens (tertiary/aromatic N) is 1. The first-order chi connectivity index (χ1) is 9.74. The van der Waals surface area contributed by atoms with Crippen molar-refractivity contribution in [1.82, 2.24) is 4.98 Å². The van der Waals surface area contributed by atoms with E-state index in [1.807, 2.05) is 24.3 Å². The fourth-order valence-electron chi connectivity index (χ4n) is 1.89. The van der Waals surface area contributed by atoms with Crippen molar-refractivity contribution in [2.24, 2.45) is 0 Å². The summed E-state index contributed by atoms with van der Waals surface area (Å²) in [7, 11) is 0. The highest BCUT2D eigenvalue weighted by Gasteiger charge is 2.14. The molecule has 0 N–H and O–H groups in total. The third kappa shape index (κ3) is 2.58. The van der Waals surface area contributed by atoms with E-state index in [9.17, 15) is 4.79 Å². The molecule has 3 aromatic rings. The number of carbonyl (C=O) groups excluding carboxylic acids is 1. The van der Waals surface area contributed by atoms with Crippen molar-refractivity contribution >= 4 is 32.7 Å². The van der Waals surface area contributed by atoms with Gasteiger partial charge in [0.05, 0.1) is 11.8 Å². The molecule has 0 bridgehead atoms. The average molecular weight is 332 g/mol. The van der Waals surface area contributed by atoms with Gasteiger partial charge in [0.1, 0.15) is 17.6 Å². The van der Waals surface area contributed by atoms with E-state index in [2.05, 4.69) is 20.9 Å². The topological polar surface area (TPSA) is 52.3 Å². The van der Waals surface area contributed by atoms with Gasteiger partial charge in [0.15, 0.2) is 6.61 Å². The maximum atomic E-state index is 12.2. The Morgan fingerprint density at radius 1 is 1.30 bits per heavy atom. The number of Topliss-reactive ketones (excluding diaryl/α,β-unsaturated/α-hetero) is 1. The number of hydrogen-bond acceptors (Lipinski definition) is 4. The zero-order chi connectivity index (χ0) is 13.9. The van der Waals surface area contributed by atoms with E-state index in [4.69, 9.17) is 9.15 Å². The highest BCUT2D eigenvalue weighted by molar-refractivity contribution is 9.10. The SMILES string of the molecule is O=C(COc1cncc(Br)c1)c1coc2ccccc12. The molecule has 20 heavy (non-hydrogen) atoms. The zero-order valence-corrected chi connectivity index (χ0v) is 12.0. The number of furan rings is 1. The lowest BCUT2D eigenvalue weighted by Gasteiger charge is -2.04. The number of hydrogen-bond donors (Lipinski definition) is 0. The number of pyridine rings is 1. The van der Waals surface area contributed by atoms with Gasteiger partial charge in [-0.25, -0.2) is 0 Å². The van der Waals surface area contributed by atoms with Crippen LogP contribution < -0.4 is 4.74 Å². The Bertz CT molecular complexity index is 766. The summed E-state index contributed by atoms with van der Waals surface area (Å²) in [5.74, 6) is 0.412.